The molecule has 1 saturated carbocycles. The highest BCUT2D eigenvalue weighted by molar-refractivity contribution is 5.96. The van der Waals surface area contributed by atoms with Gasteiger partial charge >= 0.3 is 5.97 Å². The molecule has 0 unspecified atom stereocenters. The third-order valence-corrected chi connectivity index (χ3v) is 5.54. The monoisotopic (exact) mass is 389 g/mol. The zero-order chi connectivity index (χ0) is 20.1. The first-order valence-corrected chi connectivity index (χ1v) is 10.6. The van der Waals surface area contributed by atoms with Gasteiger partial charge in [-0.25, -0.2) is 9.78 Å². The van der Waals surface area contributed by atoms with Crippen molar-refractivity contribution in [3.05, 3.63) is 65.9 Å². The molecule has 1 heterocycles. The molecular formula is C25H27NO3. The van der Waals surface area contributed by atoms with Gasteiger partial charge in [0, 0.05) is 5.56 Å². The minimum atomic E-state index is -0.289. The number of nitrogens with zero attached hydrogens (tertiary/aromatic N) is 1. The van der Waals surface area contributed by atoms with E-state index in [4.69, 9.17) is 9.15 Å². The number of benzene rings is 2. The Hall–Kier alpha value is -2.88. The molecule has 0 saturated heterocycles. The fraction of sp³-hybridized carbons (Fsp3) is 0.360. The van der Waals surface area contributed by atoms with Gasteiger partial charge in [-0.15, -0.1) is 0 Å². The Bertz CT molecular complexity index is 953. The predicted octanol–water partition coefficient (Wildman–Crippen LogP) is 6.59. The van der Waals surface area contributed by atoms with Gasteiger partial charge in [0.2, 0.25) is 5.89 Å². The standard InChI is InChI=1S/C25H27NO3/c1-18-23(19-12-6-5-7-13-19)29-24(26-18)21-16-10-11-17-22(21)25(27)28-20-14-8-3-2-4-9-15-20/h5-7,10-13,16-17,20H,2-4,8-9,14-15H2,1H3. The van der Waals surface area contributed by atoms with E-state index < -0.39 is 0 Å². The second-order valence-electron chi connectivity index (χ2n) is 7.72. The number of hydrogen-bond acceptors (Lipinski definition) is 4. The lowest BCUT2D eigenvalue weighted by Crippen LogP contribution is -2.20. The molecule has 29 heavy (non-hydrogen) atoms. The molecule has 0 aliphatic heterocycles. The third-order valence-electron chi connectivity index (χ3n) is 5.54. The van der Waals surface area contributed by atoms with Gasteiger partial charge in [-0.3, -0.25) is 0 Å². The van der Waals surface area contributed by atoms with Crippen LogP contribution in [0.3, 0.4) is 0 Å². The van der Waals surface area contributed by atoms with Gasteiger partial charge in [0.15, 0.2) is 5.76 Å². The summed E-state index contributed by atoms with van der Waals surface area (Å²) in [4.78, 5) is 17.6. The van der Waals surface area contributed by atoms with E-state index in [9.17, 15) is 4.79 Å². The summed E-state index contributed by atoms with van der Waals surface area (Å²) in [5, 5.41) is 0. The lowest BCUT2D eigenvalue weighted by Gasteiger charge is -2.20. The molecule has 4 heteroatoms. The number of hydrogen-bond donors (Lipinski definition) is 0. The molecule has 1 aliphatic rings. The topological polar surface area (TPSA) is 52.3 Å². The van der Waals surface area contributed by atoms with Crippen molar-refractivity contribution in [2.24, 2.45) is 0 Å². The number of aromatic nitrogens is 1. The van der Waals surface area contributed by atoms with Crippen LogP contribution in [-0.4, -0.2) is 17.1 Å². The summed E-state index contributed by atoms with van der Waals surface area (Å²) in [6, 6.07) is 17.3. The highest BCUT2D eigenvalue weighted by Crippen LogP contribution is 2.31. The Morgan fingerprint density at radius 2 is 1.59 bits per heavy atom. The fourth-order valence-electron chi connectivity index (χ4n) is 3.97. The molecule has 4 rings (SSSR count). The van der Waals surface area contributed by atoms with Crippen LogP contribution in [0.5, 0.6) is 0 Å². The molecule has 1 aliphatic carbocycles. The second-order valence-corrected chi connectivity index (χ2v) is 7.72. The molecule has 150 valence electrons. The van der Waals surface area contributed by atoms with Crippen LogP contribution in [0.25, 0.3) is 22.8 Å². The zero-order valence-electron chi connectivity index (χ0n) is 16.9. The van der Waals surface area contributed by atoms with Crippen LogP contribution < -0.4 is 0 Å². The van der Waals surface area contributed by atoms with Crippen LogP contribution in [0, 0.1) is 6.92 Å². The summed E-state index contributed by atoms with van der Waals surface area (Å²) in [5.41, 5.74) is 2.96. The van der Waals surface area contributed by atoms with E-state index >= 15 is 0 Å². The molecule has 3 aromatic rings. The molecule has 1 aromatic heterocycles. The van der Waals surface area contributed by atoms with Crippen LogP contribution in [0.15, 0.2) is 59.0 Å². The summed E-state index contributed by atoms with van der Waals surface area (Å²) in [5.74, 6) is 0.888. The maximum Gasteiger partial charge on any atom is 0.339 e. The van der Waals surface area contributed by atoms with Crippen LogP contribution >= 0.6 is 0 Å². The SMILES string of the molecule is Cc1nc(-c2ccccc2C(=O)OC2CCCCCCC2)oc1-c1ccccc1. The maximum atomic E-state index is 13.0. The Kier molecular flexibility index (Phi) is 6.09. The number of ether oxygens (including phenoxy) is 1. The number of oxazole rings is 1. The van der Waals surface area contributed by atoms with Gasteiger partial charge in [-0.05, 0) is 44.7 Å². The lowest BCUT2D eigenvalue weighted by molar-refractivity contribution is 0.0240. The van der Waals surface area contributed by atoms with Crippen molar-refractivity contribution >= 4 is 5.97 Å². The molecule has 0 radical (unpaired) electrons. The summed E-state index contributed by atoms with van der Waals surface area (Å²) in [7, 11) is 0. The first-order valence-electron chi connectivity index (χ1n) is 10.6. The molecule has 0 atom stereocenters. The molecule has 0 N–H and O–H groups in total. The maximum absolute atomic E-state index is 13.0. The molecule has 0 spiro atoms. The smallest absolute Gasteiger partial charge is 0.339 e. The van der Waals surface area contributed by atoms with E-state index in [1.807, 2.05) is 55.5 Å². The molecular weight excluding hydrogens is 362 g/mol. The Labute approximate surface area is 171 Å². The molecule has 1 fully saturated rings. The van der Waals surface area contributed by atoms with Crippen molar-refractivity contribution in [2.45, 2.75) is 58.0 Å². The van der Waals surface area contributed by atoms with Gasteiger partial charge in [0.1, 0.15) is 6.10 Å². The van der Waals surface area contributed by atoms with Crippen molar-refractivity contribution in [3.8, 4) is 22.8 Å². The quantitative estimate of drug-likeness (QED) is 0.473. The molecule has 4 nitrogen and oxygen atoms in total. The van der Waals surface area contributed by atoms with E-state index in [2.05, 4.69) is 4.98 Å². The first-order chi connectivity index (χ1) is 14.2. The minimum Gasteiger partial charge on any atom is -0.459 e. The van der Waals surface area contributed by atoms with Crippen molar-refractivity contribution in [3.63, 3.8) is 0 Å². The van der Waals surface area contributed by atoms with Gasteiger partial charge in [0.25, 0.3) is 0 Å². The van der Waals surface area contributed by atoms with Crippen LogP contribution in [-0.2, 0) is 4.74 Å². The van der Waals surface area contributed by atoms with Gasteiger partial charge in [0.05, 0.1) is 16.8 Å². The van der Waals surface area contributed by atoms with E-state index in [1.165, 1.54) is 19.3 Å². The Morgan fingerprint density at radius 1 is 0.931 bits per heavy atom. The second kappa shape index (κ2) is 9.08. The highest BCUT2D eigenvalue weighted by atomic mass is 16.5. The summed E-state index contributed by atoms with van der Waals surface area (Å²) in [6.07, 6.45) is 7.88. The van der Waals surface area contributed by atoms with Crippen molar-refractivity contribution in [2.75, 3.05) is 0 Å². The van der Waals surface area contributed by atoms with Gasteiger partial charge in [-0.2, -0.15) is 0 Å². The van der Waals surface area contributed by atoms with E-state index in [1.54, 1.807) is 6.07 Å². The third kappa shape index (κ3) is 4.58. The number of carbonyl (C=O) groups is 1. The summed E-state index contributed by atoms with van der Waals surface area (Å²) < 4.78 is 12.0. The van der Waals surface area contributed by atoms with Gasteiger partial charge < -0.3 is 9.15 Å². The average molecular weight is 389 g/mol. The predicted molar refractivity (Wildman–Crippen MR) is 114 cm³/mol. The van der Waals surface area contributed by atoms with E-state index in [0.29, 0.717) is 17.0 Å². The van der Waals surface area contributed by atoms with Crippen molar-refractivity contribution in [1.29, 1.82) is 0 Å². The molecule has 2 aromatic carbocycles. The molecule has 0 amide bonds. The van der Waals surface area contributed by atoms with E-state index in [-0.39, 0.29) is 12.1 Å². The fourth-order valence-corrected chi connectivity index (χ4v) is 3.97. The van der Waals surface area contributed by atoms with Crippen LogP contribution in [0.4, 0.5) is 0 Å². The van der Waals surface area contributed by atoms with Crippen LogP contribution in [0.1, 0.15) is 61.0 Å². The van der Waals surface area contributed by atoms with Gasteiger partial charge in [-0.1, -0.05) is 61.7 Å². The summed E-state index contributed by atoms with van der Waals surface area (Å²) >= 11 is 0. The van der Waals surface area contributed by atoms with Crippen molar-refractivity contribution in [1.82, 2.24) is 4.98 Å². The van der Waals surface area contributed by atoms with E-state index in [0.717, 1.165) is 42.7 Å². The van der Waals surface area contributed by atoms with Crippen molar-refractivity contribution < 1.29 is 13.9 Å². The Morgan fingerprint density at radius 3 is 2.34 bits per heavy atom. The Balaban J connectivity index is 1.59. The van der Waals surface area contributed by atoms with Crippen LogP contribution in [0.2, 0.25) is 0 Å². The number of esters is 1. The first kappa shape index (κ1) is 19.4. The number of rotatable bonds is 4. The normalized spacial score (nSPS) is 15.5. The number of aryl methyl sites for hydroxylation is 1. The largest absolute Gasteiger partial charge is 0.459 e. The number of carbonyl (C=O) groups excluding carboxylic acids is 1. The summed E-state index contributed by atoms with van der Waals surface area (Å²) in [6.45, 7) is 1.92. The average Bonchev–Trinajstić information content (AvgIpc) is 3.12. The highest BCUT2D eigenvalue weighted by Gasteiger charge is 2.22. The lowest BCUT2D eigenvalue weighted by atomic mass is 9.98. The zero-order valence-corrected chi connectivity index (χ0v) is 16.9. The minimum absolute atomic E-state index is 0.00188. The molecule has 0 bridgehead atoms.